The van der Waals surface area contributed by atoms with Crippen LogP contribution in [0.1, 0.15) is 72.6 Å². The zero-order valence-corrected chi connectivity index (χ0v) is 20.4. The van der Waals surface area contributed by atoms with Gasteiger partial charge in [0.2, 0.25) is 0 Å². The van der Waals surface area contributed by atoms with Gasteiger partial charge in [-0.05, 0) is 80.6 Å². The molecule has 8 atom stereocenters. The summed E-state index contributed by atoms with van der Waals surface area (Å²) in [5.41, 5.74) is 3.48. The van der Waals surface area contributed by atoms with E-state index in [1.807, 2.05) is 6.92 Å². The van der Waals surface area contributed by atoms with Gasteiger partial charge >= 0.3 is 0 Å². The lowest BCUT2D eigenvalue weighted by atomic mass is 9.61. The van der Waals surface area contributed by atoms with Gasteiger partial charge in [0, 0.05) is 5.92 Å². The molecule has 0 heterocycles. The first-order valence-electron chi connectivity index (χ1n) is 12.0. The van der Waals surface area contributed by atoms with Crippen LogP contribution in [-0.2, 0) is 0 Å². The van der Waals surface area contributed by atoms with Crippen LogP contribution in [0.4, 0.5) is 0 Å². The maximum absolute atomic E-state index is 10.1. The molecule has 0 aromatic carbocycles. The second-order valence-electron chi connectivity index (χ2n) is 10.7. The molecule has 31 heavy (non-hydrogen) atoms. The van der Waals surface area contributed by atoms with Crippen LogP contribution in [0.2, 0.25) is 0 Å². The van der Waals surface area contributed by atoms with Gasteiger partial charge < -0.3 is 15.3 Å². The Labute approximate surface area is 193 Å². The van der Waals surface area contributed by atoms with Gasteiger partial charge in [0.25, 0.3) is 0 Å². The molecule has 3 nitrogen and oxygen atoms in total. The van der Waals surface area contributed by atoms with Gasteiger partial charge in [-0.3, -0.25) is 0 Å². The molecule has 174 valence electrons. The van der Waals surface area contributed by atoms with Gasteiger partial charge in [0.15, 0.2) is 0 Å². The fraction of sp³-hybridized carbons (Fsp3) is 0.704. The minimum atomic E-state index is -1.21. The fourth-order valence-electron chi connectivity index (χ4n) is 6.22. The standard InChI is InChI=1S/C27H41ClO3/c1-17(8-9-18(2)27(5,28)31)22-12-13-23-21(7-6-14-26(22,23)4)11-10-20-15-24(29)19(3)25(30)16-20/h8-11,17-18,22-25,29-31H,3,6-7,12-16H2,1-2,4-5H3/b9-8+,21-11+/t17-,18-,22?,23+,24-,25-,26-,27?/m1/s1. The molecule has 0 aliphatic heterocycles. The van der Waals surface area contributed by atoms with E-state index in [-0.39, 0.29) is 5.92 Å². The molecular formula is C27H41ClO3. The molecule has 3 fully saturated rings. The molecule has 3 aliphatic carbocycles. The molecule has 0 aromatic heterocycles. The zero-order chi connectivity index (χ0) is 23.0. The van der Waals surface area contributed by atoms with E-state index >= 15 is 0 Å². The van der Waals surface area contributed by atoms with Crippen molar-refractivity contribution in [1.82, 2.24) is 0 Å². The summed E-state index contributed by atoms with van der Waals surface area (Å²) in [6, 6.07) is 0. The Morgan fingerprint density at radius 2 is 1.77 bits per heavy atom. The van der Waals surface area contributed by atoms with Crippen molar-refractivity contribution in [2.24, 2.45) is 29.1 Å². The number of halogens is 1. The molecule has 3 saturated carbocycles. The van der Waals surface area contributed by atoms with E-state index in [0.717, 1.165) is 12.0 Å². The number of rotatable bonds is 5. The minimum Gasteiger partial charge on any atom is -0.388 e. The average molecular weight is 449 g/mol. The lowest BCUT2D eigenvalue weighted by Gasteiger charge is -2.44. The van der Waals surface area contributed by atoms with E-state index in [9.17, 15) is 15.3 Å². The summed E-state index contributed by atoms with van der Waals surface area (Å²) >= 11 is 6.06. The second kappa shape index (κ2) is 9.55. The summed E-state index contributed by atoms with van der Waals surface area (Å²) in [6.07, 6.45) is 14.7. The Bertz CT molecular complexity index is 743. The van der Waals surface area contributed by atoms with Crippen LogP contribution in [0.5, 0.6) is 0 Å². The number of aliphatic hydroxyl groups excluding tert-OH is 2. The maximum atomic E-state index is 10.1. The number of aliphatic hydroxyl groups is 3. The van der Waals surface area contributed by atoms with Crippen molar-refractivity contribution in [1.29, 1.82) is 0 Å². The molecule has 0 radical (unpaired) electrons. The Kier molecular flexibility index (Phi) is 7.63. The van der Waals surface area contributed by atoms with Gasteiger partial charge in [0.1, 0.15) is 5.06 Å². The first-order chi connectivity index (χ1) is 14.4. The molecule has 3 rings (SSSR count). The number of fused-ring (bicyclic) bond motifs is 1. The van der Waals surface area contributed by atoms with Crippen molar-refractivity contribution in [3.63, 3.8) is 0 Å². The molecule has 3 aliphatic rings. The molecule has 3 N–H and O–H groups in total. The molecular weight excluding hydrogens is 408 g/mol. The van der Waals surface area contributed by atoms with Crippen molar-refractivity contribution in [2.75, 3.05) is 0 Å². The molecule has 0 aromatic rings. The van der Waals surface area contributed by atoms with Crippen LogP contribution < -0.4 is 0 Å². The van der Waals surface area contributed by atoms with Crippen molar-refractivity contribution in [2.45, 2.75) is 89.9 Å². The number of hydrogen-bond acceptors (Lipinski definition) is 3. The molecule has 0 amide bonds. The van der Waals surface area contributed by atoms with Gasteiger partial charge in [0.05, 0.1) is 12.2 Å². The van der Waals surface area contributed by atoms with Crippen molar-refractivity contribution >= 4 is 11.6 Å². The average Bonchev–Trinajstić information content (AvgIpc) is 3.05. The largest absolute Gasteiger partial charge is 0.388 e. The highest BCUT2D eigenvalue weighted by molar-refractivity contribution is 6.22. The summed E-state index contributed by atoms with van der Waals surface area (Å²) in [5.74, 6) is 1.58. The summed E-state index contributed by atoms with van der Waals surface area (Å²) in [6.45, 7) is 12.2. The van der Waals surface area contributed by atoms with Crippen molar-refractivity contribution in [3.05, 3.63) is 47.6 Å². The quantitative estimate of drug-likeness (QED) is 0.362. The van der Waals surface area contributed by atoms with E-state index < -0.39 is 17.3 Å². The summed E-state index contributed by atoms with van der Waals surface area (Å²) < 4.78 is 0. The fourth-order valence-corrected chi connectivity index (χ4v) is 6.29. The van der Waals surface area contributed by atoms with E-state index in [1.54, 1.807) is 6.92 Å². The number of allylic oxidation sites excluding steroid dienone is 4. The Hall–Kier alpha value is -0.870. The van der Waals surface area contributed by atoms with E-state index in [4.69, 9.17) is 11.6 Å². The highest BCUT2D eigenvalue weighted by Crippen LogP contribution is 2.59. The highest BCUT2D eigenvalue weighted by Gasteiger charge is 2.50. The topological polar surface area (TPSA) is 60.7 Å². The first kappa shape index (κ1) is 24.8. The lowest BCUT2D eigenvalue weighted by Crippen LogP contribution is -2.35. The molecule has 0 bridgehead atoms. The molecule has 4 heteroatoms. The second-order valence-corrected chi connectivity index (χ2v) is 11.5. The normalized spacial score (nSPS) is 39.4. The lowest BCUT2D eigenvalue weighted by molar-refractivity contribution is 0.106. The Morgan fingerprint density at radius 1 is 1.13 bits per heavy atom. The van der Waals surface area contributed by atoms with Gasteiger partial charge in [-0.15, -0.1) is 0 Å². The third-order valence-corrected chi connectivity index (χ3v) is 8.85. The SMILES string of the molecule is C=C1[C@H](O)CC(=C/C=C2\CCC[C@]3(C)C([C@H](C)/C=C/[C@@H](C)C(C)(O)Cl)CC[C@@H]23)C[C@H]1O. The monoisotopic (exact) mass is 448 g/mol. The predicted octanol–water partition coefficient (Wildman–Crippen LogP) is 5.90. The van der Waals surface area contributed by atoms with Crippen molar-refractivity contribution in [3.8, 4) is 0 Å². The first-order valence-corrected chi connectivity index (χ1v) is 12.3. The van der Waals surface area contributed by atoms with Crippen LogP contribution in [0.25, 0.3) is 0 Å². The van der Waals surface area contributed by atoms with Crippen LogP contribution in [0.15, 0.2) is 47.6 Å². The smallest absolute Gasteiger partial charge is 0.141 e. The Balaban J connectivity index is 1.73. The highest BCUT2D eigenvalue weighted by atomic mass is 35.5. The van der Waals surface area contributed by atoms with E-state index in [0.29, 0.717) is 41.6 Å². The zero-order valence-electron chi connectivity index (χ0n) is 19.6. The van der Waals surface area contributed by atoms with E-state index in [1.165, 1.54) is 31.3 Å². The third kappa shape index (κ3) is 5.38. The van der Waals surface area contributed by atoms with Gasteiger partial charge in [-0.2, -0.15) is 0 Å². The summed E-state index contributed by atoms with van der Waals surface area (Å²) in [4.78, 5) is 0. The predicted molar refractivity (Wildman–Crippen MR) is 129 cm³/mol. The molecule has 0 saturated heterocycles. The maximum Gasteiger partial charge on any atom is 0.141 e. The van der Waals surface area contributed by atoms with Gasteiger partial charge in [-0.25, -0.2) is 0 Å². The number of hydrogen-bond donors (Lipinski definition) is 3. The minimum absolute atomic E-state index is 0.0904. The third-order valence-electron chi connectivity index (χ3n) is 8.51. The van der Waals surface area contributed by atoms with Crippen molar-refractivity contribution < 1.29 is 15.3 Å². The van der Waals surface area contributed by atoms with Crippen LogP contribution in [-0.4, -0.2) is 32.6 Å². The van der Waals surface area contributed by atoms with Gasteiger partial charge in [-0.1, -0.05) is 74.4 Å². The Morgan fingerprint density at radius 3 is 2.39 bits per heavy atom. The van der Waals surface area contributed by atoms with Crippen LogP contribution >= 0.6 is 11.6 Å². The summed E-state index contributed by atoms with van der Waals surface area (Å²) in [7, 11) is 0. The molecule has 2 unspecified atom stereocenters. The van der Waals surface area contributed by atoms with E-state index in [2.05, 4.69) is 44.7 Å². The van der Waals surface area contributed by atoms with Crippen LogP contribution in [0.3, 0.4) is 0 Å². The number of alkyl halides is 1. The summed E-state index contributed by atoms with van der Waals surface area (Å²) in [5, 5.41) is 29.1. The molecule has 0 spiro atoms. The van der Waals surface area contributed by atoms with Crippen LogP contribution in [0, 0.1) is 29.1 Å².